The average molecular weight is 276 g/mol. The van der Waals surface area contributed by atoms with Gasteiger partial charge in [-0.15, -0.1) is 0 Å². The summed E-state index contributed by atoms with van der Waals surface area (Å²) in [5, 5.41) is 17.7. The van der Waals surface area contributed by atoms with Gasteiger partial charge in [0.1, 0.15) is 5.84 Å². The normalized spacial score (nSPS) is 22.6. The molecule has 0 saturated carbocycles. The molecule has 1 aromatic carbocycles. The Morgan fingerprint density at radius 2 is 2.20 bits per heavy atom. The Labute approximate surface area is 120 Å². The number of aliphatic hydroxyl groups is 1. The first kappa shape index (κ1) is 14.8. The van der Waals surface area contributed by atoms with Gasteiger partial charge in [-0.05, 0) is 45.1 Å². The number of anilines is 1. The molecule has 1 aliphatic rings. The number of aliphatic hydroxyl groups excluding tert-OH is 1. The Morgan fingerprint density at radius 1 is 1.50 bits per heavy atom. The van der Waals surface area contributed by atoms with Crippen LogP contribution in [0.3, 0.4) is 0 Å². The van der Waals surface area contributed by atoms with Crippen molar-refractivity contribution in [2.45, 2.75) is 25.5 Å². The summed E-state index contributed by atoms with van der Waals surface area (Å²) in [5.74, 6) is 0.0741. The van der Waals surface area contributed by atoms with Crippen LogP contribution in [0.2, 0.25) is 0 Å². The number of benzene rings is 1. The van der Waals surface area contributed by atoms with Gasteiger partial charge in [-0.2, -0.15) is 0 Å². The zero-order valence-electron chi connectivity index (χ0n) is 12.4. The minimum absolute atomic E-state index is 0.0741. The van der Waals surface area contributed by atoms with Gasteiger partial charge in [-0.1, -0.05) is 6.07 Å². The highest BCUT2D eigenvalue weighted by Crippen LogP contribution is 2.30. The number of hydrogen-bond donors (Lipinski definition) is 3. The van der Waals surface area contributed by atoms with Gasteiger partial charge in [0.15, 0.2) is 0 Å². The quantitative estimate of drug-likeness (QED) is 0.561. The fourth-order valence-electron chi connectivity index (χ4n) is 2.89. The second-order valence-corrected chi connectivity index (χ2v) is 5.89. The average Bonchev–Trinajstić information content (AvgIpc) is 2.68. The van der Waals surface area contributed by atoms with Crippen molar-refractivity contribution < 1.29 is 5.11 Å². The van der Waals surface area contributed by atoms with Crippen LogP contribution < -0.4 is 10.6 Å². The van der Waals surface area contributed by atoms with Crippen molar-refractivity contribution in [3.8, 4) is 0 Å². The van der Waals surface area contributed by atoms with Crippen LogP contribution in [-0.4, -0.2) is 55.2 Å². The summed E-state index contributed by atoms with van der Waals surface area (Å²) in [4.78, 5) is 4.31. The van der Waals surface area contributed by atoms with Crippen molar-refractivity contribution in [3.05, 3.63) is 29.3 Å². The van der Waals surface area contributed by atoms with E-state index < -0.39 is 0 Å². The van der Waals surface area contributed by atoms with E-state index in [1.165, 1.54) is 0 Å². The summed E-state index contributed by atoms with van der Waals surface area (Å²) < 4.78 is 0. The van der Waals surface area contributed by atoms with Crippen molar-refractivity contribution in [2.24, 2.45) is 5.73 Å². The predicted molar refractivity (Wildman–Crippen MR) is 82.5 cm³/mol. The fourth-order valence-corrected chi connectivity index (χ4v) is 2.89. The number of nitrogen functional groups attached to an aromatic ring is 1. The lowest BCUT2D eigenvalue weighted by atomic mass is 10.1. The smallest absolute Gasteiger partial charge is 0.124 e. The van der Waals surface area contributed by atoms with Crippen molar-refractivity contribution in [1.29, 1.82) is 5.41 Å². The summed E-state index contributed by atoms with van der Waals surface area (Å²) in [5.41, 5.74) is 8.53. The Bertz CT molecular complexity index is 501. The lowest BCUT2D eigenvalue weighted by molar-refractivity contribution is 0.191. The highest BCUT2D eigenvalue weighted by Gasteiger charge is 2.32. The van der Waals surface area contributed by atoms with Gasteiger partial charge in [0.25, 0.3) is 0 Å². The summed E-state index contributed by atoms with van der Waals surface area (Å²) >= 11 is 0. The first-order valence-electron chi connectivity index (χ1n) is 6.93. The molecule has 2 rings (SSSR count). The van der Waals surface area contributed by atoms with Crippen LogP contribution in [-0.2, 0) is 0 Å². The molecule has 1 heterocycles. The second-order valence-electron chi connectivity index (χ2n) is 5.89. The minimum atomic E-state index is -0.319. The topological polar surface area (TPSA) is 76.6 Å². The number of aryl methyl sites for hydroxylation is 1. The molecule has 1 saturated heterocycles. The molecule has 0 amide bonds. The monoisotopic (exact) mass is 276 g/mol. The summed E-state index contributed by atoms with van der Waals surface area (Å²) in [6, 6.07) is 6.16. The van der Waals surface area contributed by atoms with Crippen molar-refractivity contribution in [2.75, 3.05) is 32.1 Å². The number of nitrogens with one attached hydrogen (secondary N) is 1. The molecule has 5 nitrogen and oxygen atoms in total. The molecule has 4 N–H and O–H groups in total. The molecule has 0 aliphatic carbocycles. The van der Waals surface area contributed by atoms with Gasteiger partial charge in [-0.25, -0.2) is 0 Å². The van der Waals surface area contributed by atoms with Gasteiger partial charge in [0, 0.05) is 30.4 Å². The molecule has 0 spiro atoms. The van der Waals surface area contributed by atoms with E-state index in [4.69, 9.17) is 11.1 Å². The van der Waals surface area contributed by atoms with Crippen LogP contribution in [0.25, 0.3) is 0 Å². The Morgan fingerprint density at radius 3 is 2.80 bits per heavy atom. The Hall–Kier alpha value is -1.59. The first-order valence-corrected chi connectivity index (χ1v) is 6.93. The zero-order chi connectivity index (χ0) is 14.9. The van der Waals surface area contributed by atoms with Crippen LogP contribution in [0.15, 0.2) is 18.2 Å². The van der Waals surface area contributed by atoms with Gasteiger partial charge >= 0.3 is 0 Å². The fraction of sp³-hybridized carbons (Fsp3) is 0.533. The molecule has 0 radical (unpaired) electrons. The summed E-state index contributed by atoms with van der Waals surface area (Å²) in [6.45, 7) is 3.51. The number of amidine groups is 1. The molecule has 1 aliphatic heterocycles. The molecule has 20 heavy (non-hydrogen) atoms. The number of likely N-dealkylation sites (N-methyl/N-ethyl adjacent to an activating group) is 1. The number of β-amino-alcohol motifs (C(OH)–C–C–N with tert-alkyl or cyclic N) is 1. The molecule has 0 bridgehead atoms. The maximum atomic E-state index is 10.00. The largest absolute Gasteiger partial charge is 0.391 e. The minimum Gasteiger partial charge on any atom is -0.391 e. The van der Waals surface area contributed by atoms with E-state index in [1.54, 1.807) is 0 Å². The van der Waals surface area contributed by atoms with E-state index >= 15 is 0 Å². The van der Waals surface area contributed by atoms with Gasteiger partial charge in [0.2, 0.25) is 0 Å². The van der Waals surface area contributed by atoms with Gasteiger partial charge in [0.05, 0.1) is 6.10 Å². The highest BCUT2D eigenvalue weighted by atomic mass is 16.3. The maximum absolute atomic E-state index is 10.00. The predicted octanol–water partition coefficient (Wildman–Crippen LogP) is 0.780. The summed E-state index contributed by atoms with van der Waals surface area (Å²) in [6.07, 6.45) is 0.434. The van der Waals surface area contributed by atoms with Crippen molar-refractivity contribution in [1.82, 2.24) is 4.90 Å². The third-order valence-electron chi connectivity index (χ3n) is 3.72. The molecular weight excluding hydrogens is 252 g/mol. The highest BCUT2D eigenvalue weighted by molar-refractivity contribution is 6.00. The molecule has 2 unspecified atom stereocenters. The van der Waals surface area contributed by atoms with Gasteiger partial charge < -0.3 is 20.6 Å². The number of nitrogens with two attached hydrogens (primary N) is 1. The lowest BCUT2D eigenvalue weighted by Crippen LogP contribution is -2.38. The molecule has 2 atom stereocenters. The lowest BCUT2D eigenvalue weighted by Gasteiger charge is -2.30. The van der Waals surface area contributed by atoms with E-state index in [-0.39, 0.29) is 18.0 Å². The molecule has 0 aromatic heterocycles. The number of rotatable bonds is 4. The van der Waals surface area contributed by atoms with Crippen LogP contribution >= 0.6 is 0 Å². The second kappa shape index (κ2) is 5.81. The third-order valence-corrected chi connectivity index (χ3v) is 3.72. The van der Waals surface area contributed by atoms with E-state index in [2.05, 4.69) is 15.9 Å². The first-order chi connectivity index (χ1) is 9.38. The molecule has 110 valence electrons. The van der Waals surface area contributed by atoms with Crippen molar-refractivity contribution >= 4 is 11.5 Å². The standard InChI is InChI=1S/C15H24N4O/c1-10-4-5-13(15(16)17)14(6-10)19-9-12(20)7-11(19)8-18(2)3/h4-6,11-12,20H,7-9H2,1-3H3,(H3,16,17). The number of hydrogen-bond acceptors (Lipinski definition) is 4. The Balaban J connectivity index is 2.37. The molecule has 1 aromatic rings. The maximum Gasteiger partial charge on any atom is 0.124 e. The van der Waals surface area contributed by atoms with Crippen LogP contribution in [0, 0.1) is 12.3 Å². The van der Waals surface area contributed by atoms with E-state index in [0.29, 0.717) is 6.54 Å². The number of nitrogens with zero attached hydrogens (tertiary/aromatic N) is 2. The van der Waals surface area contributed by atoms with E-state index in [9.17, 15) is 5.11 Å². The SMILES string of the molecule is Cc1ccc(C(=N)N)c(N2CC(O)CC2CN(C)C)c1. The third kappa shape index (κ3) is 3.11. The van der Waals surface area contributed by atoms with Gasteiger partial charge in [-0.3, -0.25) is 5.41 Å². The van der Waals surface area contributed by atoms with E-state index in [1.807, 2.05) is 33.2 Å². The molecule has 1 fully saturated rings. The van der Waals surface area contributed by atoms with Crippen LogP contribution in [0.1, 0.15) is 17.5 Å². The van der Waals surface area contributed by atoms with E-state index in [0.717, 1.165) is 29.8 Å². The van der Waals surface area contributed by atoms with Crippen LogP contribution in [0.5, 0.6) is 0 Å². The van der Waals surface area contributed by atoms with Crippen LogP contribution in [0.4, 0.5) is 5.69 Å². The molecule has 5 heteroatoms. The zero-order valence-corrected chi connectivity index (χ0v) is 12.4. The molecular formula is C15H24N4O. The van der Waals surface area contributed by atoms with Crippen molar-refractivity contribution in [3.63, 3.8) is 0 Å². The Kier molecular flexibility index (Phi) is 4.30. The summed E-state index contributed by atoms with van der Waals surface area (Å²) in [7, 11) is 4.07.